The predicted molar refractivity (Wildman–Crippen MR) is 57.9 cm³/mol. The molecular weight excluding hydrogens is 168 g/mol. The summed E-state index contributed by atoms with van der Waals surface area (Å²) in [5.74, 6) is 4.60. The second-order valence-electron chi connectivity index (χ2n) is 6.83. The third-order valence-corrected chi connectivity index (χ3v) is 6.50. The van der Waals surface area contributed by atoms with Crippen LogP contribution in [0.25, 0.3) is 0 Å². The molecule has 4 fully saturated rings. The normalized spacial score (nSPS) is 67.3. The van der Waals surface area contributed by atoms with E-state index in [1.807, 2.05) is 0 Å². The second kappa shape index (κ2) is 2.08. The van der Waals surface area contributed by atoms with Gasteiger partial charge in [-0.15, -0.1) is 0 Å². The van der Waals surface area contributed by atoms with E-state index in [0.29, 0.717) is 0 Å². The third-order valence-electron chi connectivity index (χ3n) is 6.50. The molecule has 0 saturated heterocycles. The average molecular weight is 190 g/mol. The highest BCUT2D eigenvalue weighted by Crippen LogP contribution is 2.94. The van der Waals surface area contributed by atoms with Crippen LogP contribution in [0.5, 0.6) is 0 Å². The van der Waals surface area contributed by atoms with E-state index < -0.39 is 0 Å². The Bertz CT molecular complexity index is 288. The van der Waals surface area contributed by atoms with Crippen molar-refractivity contribution >= 4 is 0 Å². The lowest BCUT2D eigenvalue weighted by molar-refractivity contribution is 0.354. The molecule has 0 nitrogen and oxygen atoms in total. The van der Waals surface area contributed by atoms with E-state index in [1.54, 1.807) is 32.1 Å². The zero-order chi connectivity index (χ0) is 9.55. The van der Waals surface area contributed by atoms with Gasteiger partial charge in [-0.1, -0.05) is 20.3 Å². The van der Waals surface area contributed by atoms with Gasteiger partial charge in [0.1, 0.15) is 0 Å². The van der Waals surface area contributed by atoms with Crippen molar-refractivity contribution in [1.82, 2.24) is 0 Å². The maximum Gasteiger partial charge on any atom is -0.0173 e. The first kappa shape index (κ1) is 8.19. The Morgan fingerprint density at radius 2 is 2.14 bits per heavy atom. The van der Waals surface area contributed by atoms with E-state index in [-0.39, 0.29) is 0 Å². The summed E-state index contributed by atoms with van der Waals surface area (Å²) in [5.41, 5.74) is 1.86. The van der Waals surface area contributed by atoms with Gasteiger partial charge in [-0.2, -0.15) is 0 Å². The Kier molecular flexibility index (Phi) is 1.22. The van der Waals surface area contributed by atoms with Crippen molar-refractivity contribution in [2.75, 3.05) is 0 Å². The van der Waals surface area contributed by atoms with Crippen LogP contribution in [-0.4, -0.2) is 0 Å². The first-order valence-corrected chi connectivity index (χ1v) is 6.73. The quantitative estimate of drug-likeness (QED) is 0.634. The molecule has 0 aromatic heterocycles. The van der Waals surface area contributed by atoms with Crippen LogP contribution in [0.3, 0.4) is 0 Å². The molecule has 78 valence electrons. The summed E-state index contributed by atoms with van der Waals surface area (Å²) >= 11 is 0. The third kappa shape index (κ3) is 0.686. The molecule has 0 N–H and O–H groups in total. The zero-order valence-electron chi connectivity index (χ0n) is 9.55. The molecule has 1 spiro atoms. The maximum atomic E-state index is 2.45. The van der Waals surface area contributed by atoms with Crippen molar-refractivity contribution in [3.63, 3.8) is 0 Å². The van der Waals surface area contributed by atoms with Crippen molar-refractivity contribution in [2.45, 2.75) is 52.4 Å². The Morgan fingerprint density at radius 1 is 1.36 bits per heavy atom. The van der Waals surface area contributed by atoms with E-state index in [0.717, 1.165) is 22.7 Å². The van der Waals surface area contributed by atoms with Crippen molar-refractivity contribution in [3.05, 3.63) is 0 Å². The van der Waals surface area contributed by atoms with Crippen molar-refractivity contribution in [2.24, 2.45) is 34.5 Å². The molecule has 0 radical (unpaired) electrons. The Hall–Kier alpha value is 0. The molecule has 0 heterocycles. The predicted octanol–water partition coefficient (Wildman–Crippen LogP) is 3.86. The van der Waals surface area contributed by atoms with Crippen LogP contribution >= 0.6 is 0 Å². The van der Waals surface area contributed by atoms with Crippen LogP contribution < -0.4 is 0 Å². The molecule has 0 aliphatic heterocycles. The molecular formula is C14H22. The van der Waals surface area contributed by atoms with E-state index in [2.05, 4.69) is 13.8 Å². The minimum Gasteiger partial charge on any atom is -0.0651 e. The Balaban J connectivity index is 1.53. The van der Waals surface area contributed by atoms with Gasteiger partial charge in [0.15, 0.2) is 0 Å². The summed E-state index contributed by atoms with van der Waals surface area (Å²) in [6.45, 7) is 4.87. The molecule has 4 rings (SSSR count). The molecule has 0 aromatic carbocycles. The standard InChI is InChI=1S/C14H22/c1-3-11-12-4-5-13(8-14(11,12)13)7-10-6-9(10)2/h9-12H,3-8H2,1-2H3. The summed E-state index contributed by atoms with van der Waals surface area (Å²) in [4.78, 5) is 0. The van der Waals surface area contributed by atoms with Crippen LogP contribution in [0.4, 0.5) is 0 Å². The minimum absolute atomic E-state index is 0.910. The highest BCUT2D eigenvalue weighted by Gasteiger charge is 2.87. The Morgan fingerprint density at radius 3 is 2.71 bits per heavy atom. The summed E-state index contributed by atoms with van der Waals surface area (Å²) < 4.78 is 0. The van der Waals surface area contributed by atoms with Gasteiger partial charge >= 0.3 is 0 Å². The average Bonchev–Trinajstić information content (AvgIpc) is 3.07. The van der Waals surface area contributed by atoms with Crippen molar-refractivity contribution in [3.8, 4) is 0 Å². The second-order valence-corrected chi connectivity index (χ2v) is 6.83. The largest absolute Gasteiger partial charge is 0.0651 e. The molecule has 0 bridgehead atoms. The molecule has 0 amide bonds. The molecule has 14 heavy (non-hydrogen) atoms. The fraction of sp³-hybridized carbons (Fsp3) is 1.00. The van der Waals surface area contributed by atoms with Crippen LogP contribution in [-0.2, 0) is 0 Å². The maximum absolute atomic E-state index is 2.45. The molecule has 4 saturated carbocycles. The van der Waals surface area contributed by atoms with Gasteiger partial charge in [-0.25, -0.2) is 0 Å². The topological polar surface area (TPSA) is 0 Å². The van der Waals surface area contributed by atoms with Gasteiger partial charge in [-0.3, -0.25) is 0 Å². The van der Waals surface area contributed by atoms with Crippen molar-refractivity contribution in [1.29, 1.82) is 0 Å². The fourth-order valence-corrected chi connectivity index (χ4v) is 5.58. The van der Waals surface area contributed by atoms with E-state index in [4.69, 9.17) is 0 Å². The van der Waals surface area contributed by atoms with Crippen LogP contribution in [0.1, 0.15) is 52.4 Å². The first-order chi connectivity index (χ1) is 6.73. The summed E-state index contributed by atoms with van der Waals surface area (Å²) in [7, 11) is 0. The zero-order valence-corrected chi connectivity index (χ0v) is 9.55. The van der Waals surface area contributed by atoms with Gasteiger partial charge in [-0.05, 0) is 66.6 Å². The smallest absolute Gasteiger partial charge is 0.0173 e. The monoisotopic (exact) mass is 190 g/mol. The summed E-state index contributed by atoms with van der Waals surface area (Å²) in [5, 5.41) is 0. The molecule has 6 atom stereocenters. The van der Waals surface area contributed by atoms with Gasteiger partial charge in [0.05, 0.1) is 0 Å². The van der Waals surface area contributed by atoms with Gasteiger partial charge in [0, 0.05) is 0 Å². The number of hydrogen-bond acceptors (Lipinski definition) is 0. The molecule has 0 aromatic rings. The van der Waals surface area contributed by atoms with Crippen LogP contribution in [0, 0.1) is 34.5 Å². The number of rotatable bonds is 3. The number of hydrogen-bond donors (Lipinski definition) is 0. The molecule has 0 heteroatoms. The fourth-order valence-electron chi connectivity index (χ4n) is 5.58. The molecule has 6 unspecified atom stereocenters. The van der Waals surface area contributed by atoms with Gasteiger partial charge in [0.25, 0.3) is 0 Å². The minimum atomic E-state index is 0.910. The summed E-state index contributed by atoms with van der Waals surface area (Å²) in [6.07, 6.45) is 9.51. The first-order valence-electron chi connectivity index (χ1n) is 6.73. The van der Waals surface area contributed by atoms with Crippen LogP contribution in [0.15, 0.2) is 0 Å². The van der Waals surface area contributed by atoms with E-state index >= 15 is 0 Å². The van der Waals surface area contributed by atoms with Crippen molar-refractivity contribution < 1.29 is 0 Å². The van der Waals surface area contributed by atoms with E-state index in [1.165, 1.54) is 18.3 Å². The molecule has 4 aliphatic carbocycles. The van der Waals surface area contributed by atoms with E-state index in [9.17, 15) is 0 Å². The lowest BCUT2D eigenvalue weighted by Crippen LogP contribution is -2.05. The highest BCUT2D eigenvalue weighted by atomic mass is 14.9. The SMILES string of the molecule is CCC1C2CCC3(CC4CC4C)CC123. The Labute approximate surface area is 87.5 Å². The highest BCUT2D eigenvalue weighted by molar-refractivity contribution is 5.35. The van der Waals surface area contributed by atoms with Crippen LogP contribution in [0.2, 0.25) is 0 Å². The molecule has 4 aliphatic rings. The lowest BCUT2D eigenvalue weighted by atomic mass is 9.90. The summed E-state index contributed by atoms with van der Waals surface area (Å²) in [6, 6.07) is 0. The lowest BCUT2D eigenvalue weighted by Gasteiger charge is -2.14. The van der Waals surface area contributed by atoms with Gasteiger partial charge < -0.3 is 0 Å². The van der Waals surface area contributed by atoms with Gasteiger partial charge in [0.2, 0.25) is 0 Å².